The van der Waals surface area contributed by atoms with E-state index in [1.165, 1.54) is 26.1 Å². The Balaban J connectivity index is 1.94. The van der Waals surface area contributed by atoms with Gasteiger partial charge in [-0.1, -0.05) is 26.8 Å². The Morgan fingerprint density at radius 1 is 1.02 bits per heavy atom. The van der Waals surface area contributed by atoms with Crippen LogP contribution in [0.4, 0.5) is 35.5 Å². The van der Waals surface area contributed by atoms with Crippen LogP contribution in [0.2, 0.25) is 0 Å². The number of alkyl halides is 6. The standard InChI is InChI=1S/C29H36F7N3O/c1-17-11-22(30)7-8-24(17)25-15-23(37-16-27(3,4)5)9-10-39(25)26(40)38(6)18(2)19-12-20(28(31,32)33)14-21(13-19)29(34,35)36/h7-8,11-14,18,23,25,37H,9-10,15-16H2,1-6H3/t18-,23+,25-/m1/s1. The molecule has 11 heteroatoms. The van der Waals surface area contributed by atoms with Crippen molar-refractivity contribution in [2.24, 2.45) is 5.41 Å². The zero-order valence-corrected chi connectivity index (χ0v) is 23.5. The van der Waals surface area contributed by atoms with Gasteiger partial charge in [0.05, 0.1) is 23.2 Å². The maximum Gasteiger partial charge on any atom is 0.416 e. The molecule has 1 aliphatic heterocycles. The van der Waals surface area contributed by atoms with Crippen molar-refractivity contribution in [3.05, 3.63) is 70.0 Å². The van der Waals surface area contributed by atoms with Crippen molar-refractivity contribution in [3.8, 4) is 0 Å². The SMILES string of the molecule is Cc1cc(F)ccc1[C@H]1C[C@@H](NCC(C)(C)C)CCN1C(=O)N(C)[C@H](C)c1cc(C(F)(F)F)cc(C(F)(F)F)c1. The monoisotopic (exact) mass is 575 g/mol. The van der Waals surface area contributed by atoms with Gasteiger partial charge in [-0.15, -0.1) is 0 Å². The molecule has 2 amide bonds. The molecule has 222 valence electrons. The molecule has 1 heterocycles. The minimum atomic E-state index is -4.99. The number of likely N-dealkylation sites (tertiary alicyclic amines) is 1. The molecular weight excluding hydrogens is 539 g/mol. The second-order valence-corrected chi connectivity index (χ2v) is 11.8. The molecule has 1 saturated heterocycles. The summed E-state index contributed by atoms with van der Waals surface area (Å²) < 4.78 is 94.5. The number of hydrogen-bond donors (Lipinski definition) is 1. The van der Waals surface area contributed by atoms with Gasteiger partial charge in [0.25, 0.3) is 0 Å². The van der Waals surface area contributed by atoms with E-state index in [4.69, 9.17) is 0 Å². The number of nitrogens with zero attached hydrogens (tertiary/aromatic N) is 2. The van der Waals surface area contributed by atoms with Gasteiger partial charge in [-0.3, -0.25) is 0 Å². The molecule has 0 spiro atoms. The summed E-state index contributed by atoms with van der Waals surface area (Å²) in [5, 5.41) is 3.53. The third-order valence-electron chi connectivity index (χ3n) is 7.34. The first-order chi connectivity index (χ1) is 18.3. The quantitative estimate of drug-likeness (QED) is 0.366. The van der Waals surface area contributed by atoms with E-state index in [9.17, 15) is 35.5 Å². The number of carbonyl (C=O) groups is 1. The number of benzene rings is 2. The largest absolute Gasteiger partial charge is 0.416 e. The van der Waals surface area contributed by atoms with E-state index in [-0.39, 0.29) is 23.1 Å². The number of hydrogen-bond acceptors (Lipinski definition) is 2. The Morgan fingerprint density at radius 2 is 1.60 bits per heavy atom. The molecule has 3 rings (SSSR count). The first kappa shape index (κ1) is 31.7. The van der Waals surface area contributed by atoms with E-state index in [0.717, 1.165) is 17.0 Å². The number of nitrogens with one attached hydrogen (secondary N) is 1. The van der Waals surface area contributed by atoms with E-state index in [1.54, 1.807) is 17.9 Å². The average Bonchev–Trinajstić information content (AvgIpc) is 2.84. The van der Waals surface area contributed by atoms with Crippen LogP contribution in [-0.2, 0) is 12.4 Å². The van der Waals surface area contributed by atoms with E-state index in [1.807, 2.05) is 0 Å². The third kappa shape index (κ3) is 7.67. The van der Waals surface area contributed by atoms with Gasteiger partial charge in [-0.05, 0) is 79.1 Å². The van der Waals surface area contributed by atoms with Crippen LogP contribution in [0.3, 0.4) is 0 Å². The number of carbonyl (C=O) groups excluding carboxylic acids is 1. The zero-order valence-electron chi connectivity index (χ0n) is 23.5. The van der Waals surface area contributed by atoms with Gasteiger partial charge < -0.3 is 15.1 Å². The maximum absolute atomic E-state index is 13.9. The number of rotatable bonds is 5. The number of aryl methyl sites for hydroxylation is 1. The fourth-order valence-corrected chi connectivity index (χ4v) is 4.95. The topological polar surface area (TPSA) is 35.6 Å². The second-order valence-electron chi connectivity index (χ2n) is 11.8. The predicted molar refractivity (Wildman–Crippen MR) is 139 cm³/mol. The Kier molecular flexibility index (Phi) is 9.18. The van der Waals surface area contributed by atoms with Crippen molar-refractivity contribution >= 4 is 6.03 Å². The molecule has 0 aromatic heterocycles. The molecule has 40 heavy (non-hydrogen) atoms. The average molecular weight is 576 g/mol. The summed E-state index contributed by atoms with van der Waals surface area (Å²) in [7, 11) is 1.36. The highest BCUT2D eigenvalue weighted by atomic mass is 19.4. The molecule has 0 radical (unpaired) electrons. The Hall–Kier alpha value is -2.82. The van der Waals surface area contributed by atoms with Gasteiger partial charge >= 0.3 is 18.4 Å². The lowest BCUT2D eigenvalue weighted by Crippen LogP contribution is -2.51. The molecule has 0 unspecified atom stereocenters. The normalized spacial score (nSPS) is 19.5. The van der Waals surface area contributed by atoms with Gasteiger partial charge in [0.1, 0.15) is 5.82 Å². The van der Waals surface area contributed by atoms with Crippen molar-refractivity contribution in [2.75, 3.05) is 20.1 Å². The first-order valence-corrected chi connectivity index (χ1v) is 13.1. The van der Waals surface area contributed by atoms with Crippen LogP contribution >= 0.6 is 0 Å². The van der Waals surface area contributed by atoms with Crippen molar-refractivity contribution in [1.82, 2.24) is 15.1 Å². The van der Waals surface area contributed by atoms with Gasteiger partial charge in [-0.2, -0.15) is 26.3 Å². The van der Waals surface area contributed by atoms with Crippen molar-refractivity contribution < 1.29 is 35.5 Å². The van der Waals surface area contributed by atoms with E-state index in [0.29, 0.717) is 37.1 Å². The number of halogens is 7. The molecule has 1 aliphatic rings. The Morgan fingerprint density at radius 3 is 2.10 bits per heavy atom. The highest BCUT2D eigenvalue weighted by Crippen LogP contribution is 2.39. The van der Waals surface area contributed by atoms with Gasteiger partial charge in [0.2, 0.25) is 0 Å². The van der Waals surface area contributed by atoms with E-state index in [2.05, 4.69) is 26.1 Å². The lowest BCUT2D eigenvalue weighted by Gasteiger charge is -2.43. The molecule has 4 nitrogen and oxygen atoms in total. The smallest absolute Gasteiger partial charge is 0.321 e. The molecule has 0 saturated carbocycles. The van der Waals surface area contributed by atoms with Crippen LogP contribution in [0, 0.1) is 18.2 Å². The Bertz CT molecular complexity index is 1170. The number of amides is 2. The van der Waals surface area contributed by atoms with E-state index < -0.39 is 47.4 Å². The van der Waals surface area contributed by atoms with Gasteiger partial charge in [0.15, 0.2) is 0 Å². The summed E-state index contributed by atoms with van der Waals surface area (Å²) in [5.41, 5.74) is -1.76. The fourth-order valence-electron chi connectivity index (χ4n) is 4.95. The number of piperidine rings is 1. The van der Waals surface area contributed by atoms with Crippen LogP contribution in [0.1, 0.15) is 80.4 Å². The lowest BCUT2D eigenvalue weighted by molar-refractivity contribution is -0.143. The van der Waals surface area contributed by atoms with Crippen LogP contribution < -0.4 is 5.32 Å². The van der Waals surface area contributed by atoms with Gasteiger partial charge in [-0.25, -0.2) is 9.18 Å². The molecule has 2 aromatic carbocycles. The second kappa shape index (κ2) is 11.6. The molecule has 2 aromatic rings. The highest BCUT2D eigenvalue weighted by Gasteiger charge is 2.39. The summed E-state index contributed by atoms with van der Waals surface area (Å²) in [6, 6.07) is 3.61. The minimum absolute atomic E-state index is 0.0180. The van der Waals surface area contributed by atoms with Gasteiger partial charge in [0, 0.05) is 26.2 Å². The van der Waals surface area contributed by atoms with Crippen molar-refractivity contribution in [1.29, 1.82) is 0 Å². The van der Waals surface area contributed by atoms with Crippen molar-refractivity contribution in [3.63, 3.8) is 0 Å². The summed E-state index contributed by atoms with van der Waals surface area (Å²) in [5.74, 6) is -0.423. The van der Waals surface area contributed by atoms with Crippen molar-refractivity contribution in [2.45, 2.75) is 77.9 Å². The predicted octanol–water partition coefficient (Wildman–Crippen LogP) is 8.13. The summed E-state index contributed by atoms with van der Waals surface area (Å²) in [4.78, 5) is 16.5. The summed E-state index contributed by atoms with van der Waals surface area (Å²) >= 11 is 0. The van der Waals surface area contributed by atoms with E-state index >= 15 is 0 Å². The molecule has 3 atom stereocenters. The minimum Gasteiger partial charge on any atom is -0.321 e. The third-order valence-corrected chi connectivity index (χ3v) is 7.34. The van der Waals surface area contributed by atoms with Crippen LogP contribution in [0.25, 0.3) is 0 Å². The molecule has 0 aliphatic carbocycles. The molecule has 1 N–H and O–H groups in total. The molecular formula is C29H36F7N3O. The zero-order chi connectivity index (χ0) is 30.2. The Labute approximate surface area is 230 Å². The van der Waals surface area contributed by atoms with Crippen LogP contribution in [-0.4, -0.2) is 42.0 Å². The molecule has 1 fully saturated rings. The summed E-state index contributed by atoms with van der Waals surface area (Å²) in [6.07, 6.45) is -8.88. The molecule has 0 bridgehead atoms. The highest BCUT2D eigenvalue weighted by molar-refractivity contribution is 5.75. The van der Waals surface area contributed by atoms with Crippen LogP contribution in [0.5, 0.6) is 0 Å². The fraction of sp³-hybridized carbons (Fsp3) is 0.552. The lowest BCUT2D eigenvalue weighted by atomic mass is 9.88. The maximum atomic E-state index is 13.9. The van der Waals surface area contributed by atoms with Crippen LogP contribution in [0.15, 0.2) is 36.4 Å². The first-order valence-electron chi connectivity index (χ1n) is 13.1. The summed E-state index contributed by atoms with van der Waals surface area (Å²) in [6.45, 7) is 10.4. The number of urea groups is 1.